The van der Waals surface area contributed by atoms with Crippen molar-refractivity contribution in [2.75, 3.05) is 5.73 Å². The van der Waals surface area contributed by atoms with Crippen LogP contribution < -0.4 is 5.73 Å². The second kappa shape index (κ2) is 4.93. The van der Waals surface area contributed by atoms with Gasteiger partial charge in [0.25, 0.3) is 0 Å². The number of benzene rings is 1. The number of anilines is 1. The first-order chi connectivity index (χ1) is 10.1. The molecule has 0 spiro atoms. The Balaban J connectivity index is 2.18. The van der Waals surface area contributed by atoms with Gasteiger partial charge in [-0.2, -0.15) is 0 Å². The van der Waals surface area contributed by atoms with Crippen molar-refractivity contribution in [2.45, 2.75) is 0 Å². The zero-order chi connectivity index (χ0) is 15.0. The van der Waals surface area contributed by atoms with Crippen LogP contribution in [0.1, 0.15) is 0 Å². The van der Waals surface area contributed by atoms with Gasteiger partial charge in [-0.15, -0.1) is 0 Å². The fourth-order valence-electron chi connectivity index (χ4n) is 2.02. The summed E-state index contributed by atoms with van der Waals surface area (Å²) >= 11 is 0. The third-order valence-corrected chi connectivity index (χ3v) is 3.00. The lowest BCUT2D eigenvalue weighted by molar-refractivity contribution is 0.446. The molecule has 0 radical (unpaired) electrons. The van der Waals surface area contributed by atoms with Crippen LogP contribution >= 0.6 is 0 Å². The van der Waals surface area contributed by atoms with Crippen LogP contribution in [-0.2, 0) is 0 Å². The van der Waals surface area contributed by atoms with Crippen LogP contribution in [0.4, 0.5) is 19.0 Å². The molecular formula is C14H9F3N4. The summed E-state index contributed by atoms with van der Waals surface area (Å²) in [6.45, 7) is 0. The van der Waals surface area contributed by atoms with Gasteiger partial charge in [0.2, 0.25) is 0 Å². The van der Waals surface area contributed by atoms with Gasteiger partial charge >= 0.3 is 0 Å². The minimum absolute atomic E-state index is 0.0992. The maximum Gasteiger partial charge on any atom is 0.194 e. The van der Waals surface area contributed by atoms with Crippen molar-refractivity contribution in [3.05, 3.63) is 60.4 Å². The van der Waals surface area contributed by atoms with E-state index in [0.29, 0.717) is 11.3 Å². The van der Waals surface area contributed by atoms with Crippen LogP contribution in [0, 0.1) is 17.5 Å². The fourth-order valence-corrected chi connectivity index (χ4v) is 2.02. The van der Waals surface area contributed by atoms with Gasteiger partial charge in [-0.05, 0) is 12.1 Å². The first kappa shape index (κ1) is 13.2. The van der Waals surface area contributed by atoms with Gasteiger partial charge in [-0.3, -0.25) is 4.57 Å². The molecule has 106 valence electrons. The molecule has 7 heteroatoms. The van der Waals surface area contributed by atoms with E-state index in [-0.39, 0.29) is 11.5 Å². The van der Waals surface area contributed by atoms with E-state index < -0.39 is 17.5 Å². The molecular weight excluding hydrogens is 281 g/mol. The zero-order valence-electron chi connectivity index (χ0n) is 10.6. The molecule has 0 bridgehead atoms. The van der Waals surface area contributed by atoms with Gasteiger partial charge in [-0.1, -0.05) is 0 Å². The predicted octanol–water partition coefficient (Wildman–Crippen LogP) is 2.93. The molecule has 2 aromatic heterocycles. The van der Waals surface area contributed by atoms with E-state index in [0.717, 1.165) is 12.1 Å². The summed E-state index contributed by atoms with van der Waals surface area (Å²) in [5, 5.41) is 0. The lowest BCUT2D eigenvalue weighted by Gasteiger charge is -2.10. The van der Waals surface area contributed by atoms with Gasteiger partial charge in [-0.25, -0.2) is 23.1 Å². The average molecular weight is 290 g/mol. The van der Waals surface area contributed by atoms with E-state index in [1.54, 1.807) is 12.1 Å². The monoisotopic (exact) mass is 290 g/mol. The van der Waals surface area contributed by atoms with Crippen LogP contribution in [0.5, 0.6) is 0 Å². The number of nitrogens with two attached hydrogens (primary N) is 1. The van der Waals surface area contributed by atoms with Gasteiger partial charge in [0.05, 0.1) is 23.9 Å². The Morgan fingerprint density at radius 2 is 1.81 bits per heavy atom. The lowest BCUT2D eigenvalue weighted by Crippen LogP contribution is -2.02. The minimum Gasteiger partial charge on any atom is -0.383 e. The Kier molecular flexibility index (Phi) is 3.09. The number of nitrogens with zero attached hydrogens (tertiary/aromatic N) is 3. The molecule has 2 N–H and O–H groups in total. The third-order valence-electron chi connectivity index (χ3n) is 3.00. The molecule has 0 fully saturated rings. The van der Waals surface area contributed by atoms with Gasteiger partial charge in [0.1, 0.15) is 5.82 Å². The highest BCUT2D eigenvalue weighted by atomic mass is 19.2. The van der Waals surface area contributed by atoms with Crippen molar-refractivity contribution in [2.24, 2.45) is 0 Å². The van der Waals surface area contributed by atoms with E-state index in [9.17, 15) is 13.2 Å². The minimum atomic E-state index is -1.51. The first-order valence-corrected chi connectivity index (χ1v) is 5.96. The van der Waals surface area contributed by atoms with Gasteiger partial charge in [0.15, 0.2) is 17.5 Å². The molecule has 4 nitrogen and oxygen atoms in total. The second-order valence-electron chi connectivity index (χ2n) is 4.31. The number of hydrogen-bond acceptors (Lipinski definition) is 3. The molecule has 21 heavy (non-hydrogen) atoms. The molecule has 3 aromatic rings. The molecule has 0 saturated carbocycles. The Labute approximate surface area is 117 Å². The number of imidazole rings is 1. The summed E-state index contributed by atoms with van der Waals surface area (Å²) in [6.07, 6.45) is 4.36. The Bertz CT molecular complexity index is 790. The average Bonchev–Trinajstić information content (AvgIpc) is 2.94. The summed E-state index contributed by atoms with van der Waals surface area (Å²) in [6, 6.07) is 5.15. The van der Waals surface area contributed by atoms with Crippen molar-refractivity contribution in [3.63, 3.8) is 0 Å². The number of pyridine rings is 1. The largest absolute Gasteiger partial charge is 0.383 e. The molecule has 0 unspecified atom stereocenters. The summed E-state index contributed by atoms with van der Waals surface area (Å²) in [5.74, 6) is -3.81. The number of rotatable bonds is 2. The summed E-state index contributed by atoms with van der Waals surface area (Å²) in [7, 11) is 0. The highest BCUT2D eigenvalue weighted by molar-refractivity contribution is 5.71. The molecule has 3 rings (SSSR count). The van der Waals surface area contributed by atoms with Crippen LogP contribution in [0.25, 0.3) is 16.9 Å². The van der Waals surface area contributed by atoms with Gasteiger partial charge in [0, 0.05) is 23.9 Å². The standard InChI is InChI=1S/C14H9F3N4/c15-10-4-8(5-11(16)13(10)17)21-7-19-6-12(21)9-2-1-3-20-14(9)18/h1-7H,(H2,18,20). The number of halogens is 3. The number of hydrogen-bond donors (Lipinski definition) is 1. The Morgan fingerprint density at radius 1 is 1.10 bits per heavy atom. The molecule has 0 aliphatic carbocycles. The zero-order valence-corrected chi connectivity index (χ0v) is 10.6. The maximum atomic E-state index is 13.4. The molecule has 0 saturated heterocycles. The molecule has 0 amide bonds. The van der Waals surface area contributed by atoms with Crippen molar-refractivity contribution in [1.82, 2.24) is 14.5 Å². The van der Waals surface area contributed by atoms with Crippen molar-refractivity contribution < 1.29 is 13.2 Å². The molecule has 2 heterocycles. The summed E-state index contributed by atoms with van der Waals surface area (Å²) in [4.78, 5) is 7.89. The quantitative estimate of drug-likeness (QED) is 0.738. The van der Waals surface area contributed by atoms with E-state index in [1.807, 2.05) is 0 Å². The third kappa shape index (κ3) is 2.22. The van der Waals surface area contributed by atoms with Crippen molar-refractivity contribution in [3.8, 4) is 16.9 Å². The fraction of sp³-hybridized carbons (Fsp3) is 0. The highest BCUT2D eigenvalue weighted by Crippen LogP contribution is 2.27. The van der Waals surface area contributed by atoms with Crippen LogP contribution in [0.15, 0.2) is 43.0 Å². The normalized spacial score (nSPS) is 10.8. The van der Waals surface area contributed by atoms with Crippen molar-refractivity contribution in [1.29, 1.82) is 0 Å². The molecule has 0 atom stereocenters. The second-order valence-corrected chi connectivity index (χ2v) is 4.31. The molecule has 0 aliphatic heterocycles. The van der Waals surface area contributed by atoms with Crippen LogP contribution in [0.3, 0.4) is 0 Å². The summed E-state index contributed by atoms with van der Waals surface area (Å²) in [5.41, 5.74) is 6.93. The van der Waals surface area contributed by atoms with E-state index >= 15 is 0 Å². The first-order valence-electron chi connectivity index (χ1n) is 5.96. The number of nitrogen functional groups attached to an aromatic ring is 1. The number of aromatic nitrogens is 3. The Morgan fingerprint density at radius 3 is 2.48 bits per heavy atom. The SMILES string of the molecule is Nc1ncccc1-c1cncn1-c1cc(F)c(F)c(F)c1. The topological polar surface area (TPSA) is 56.7 Å². The van der Waals surface area contributed by atoms with E-state index in [1.165, 1.54) is 23.3 Å². The van der Waals surface area contributed by atoms with Crippen LogP contribution in [0.2, 0.25) is 0 Å². The predicted molar refractivity (Wildman–Crippen MR) is 71.1 cm³/mol. The van der Waals surface area contributed by atoms with E-state index in [4.69, 9.17) is 5.73 Å². The lowest BCUT2D eigenvalue weighted by atomic mass is 10.2. The summed E-state index contributed by atoms with van der Waals surface area (Å²) < 4.78 is 41.2. The van der Waals surface area contributed by atoms with Crippen molar-refractivity contribution >= 4 is 5.82 Å². The highest BCUT2D eigenvalue weighted by Gasteiger charge is 2.15. The maximum absolute atomic E-state index is 13.4. The smallest absolute Gasteiger partial charge is 0.194 e. The van der Waals surface area contributed by atoms with Crippen LogP contribution in [-0.4, -0.2) is 14.5 Å². The molecule has 0 aliphatic rings. The van der Waals surface area contributed by atoms with Gasteiger partial charge < -0.3 is 5.73 Å². The molecule has 1 aromatic carbocycles. The Hall–Kier alpha value is -2.83. The van der Waals surface area contributed by atoms with E-state index in [2.05, 4.69) is 9.97 Å².